The van der Waals surface area contributed by atoms with Crippen LogP contribution in [0.5, 0.6) is 5.75 Å². The number of esters is 1. The van der Waals surface area contributed by atoms with E-state index in [-0.39, 0.29) is 5.97 Å². The van der Waals surface area contributed by atoms with E-state index in [9.17, 15) is 4.79 Å². The van der Waals surface area contributed by atoms with Crippen molar-refractivity contribution in [3.05, 3.63) is 57.8 Å². The number of rotatable bonds is 6. The highest BCUT2D eigenvalue weighted by atomic mass is 35.5. The molecule has 0 aliphatic heterocycles. The fraction of sp³-hybridized carbons (Fsp3) is 0.250. The highest BCUT2D eigenvalue weighted by Gasteiger charge is 2.21. The second kappa shape index (κ2) is 8.15. The van der Waals surface area contributed by atoms with E-state index in [1.54, 1.807) is 43.5 Å². The molecular weight excluding hydrogens is 339 g/mol. The molecule has 0 spiro atoms. The molecule has 0 saturated carbocycles. The minimum absolute atomic E-state index is 0.299. The molecule has 1 aromatic carbocycles. The standard InChI is InChI=1S/C16H16Cl2N2O3/c1-22-12-5-3-11(4-6-12)15(16(21)23-2)19-9-10-7-13(17)20-14(18)8-10/h3-8,15,19H,9H2,1-2H3. The first-order chi connectivity index (χ1) is 11.0. The zero-order valence-electron chi connectivity index (χ0n) is 12.7. The maximum absolute atomic E-state index is 12.0. The van der Waals surface area contributed by atoms with Gasteiger partial charge >= 0.3 is 5.97 Å². The van der Waals surface area contributed by atoms with E-state index >= 15 is 0 Å². The van der Waals surface area contributed by atoms with Gasteiger partial charge in [-0.15, -0.1) is 0 Å². The molecule has 2 rings (SSSR count). The van der Waals surface area contributed by atoms with E-state index in [4.69, 9.17) is 32.7 Å². The molecule has 23 heavy (non-hydrogen) atoms. The third kappa shape index (κ3) is 4.82. The lowest BCUT2D eigenvalue weighted by Crippen LogP contribution is -2.29. The predicted octanol–water partition coefficient (Wildman–Crippen LogP) is 3.40. The summed E-state index contributed by atoms with van der Waals surface area (Å²) in [6, 6.07) is 9.93. The van der Waals surface area contributed by atoms with Crippen LogP contribution >= 0.6 is 23.2 Å². The zero-order valence-corrected chi connectivity index (χ0v) is 14.2. The van der Waals surface area contributed by atoms with Gasteiger partial charge in [-0.3, -0.25) is 5.32 Å². The molecule has 0 aliphatic carbocycles. The number of ether oxygens (including phenoxy) is 2. The molecule has 1 N–H and O–H groups in total. The van der Waals surface area contributed by atoms with Crippen LogP contribution in [-0.2, 0) is 16.1 Å². The van der Waals surface area contributed by atoms with E-state index in [1.807, 2.05) is 0 Å². The van der Waals surface area contributed by atoms with Crippen LogP contribution in [0, 0.1) is 0 Å². The van der Waals surface area contributed by atoms with Crippen LogP contribution in [0.15, 0.2) is 36.4 Å². The summed E-state index contributed by atoms with van der Waals surface area (Å²) in [6.45, 7) is 0.383. The summed E-state index contributed by atoms with van der Waals surface area (Å²) in [7, 11) is 2.93. The molecule has 0 radical (unpaired) electrons. The monoisotopic (exact) mass is 354 g/mol. The van der Waals surface area contributed by atoms with Crippen LogP contribution in [0.2, 0.25) is 10.3 Å². The van der Waals surface area contributed by atoms with Crippen molar-refractivity contribution in [1.29, 1.82) is 0 Å². The van der Waals surface area contributed by atoms with E-state index < -0.39 is 6.04 Å². The minimum atomic E-state index is -0.614. The minimum Gasteiger partial charge on any atom is -0.497 e. The Labute approximate surface area is 144 Å². The third-order valence-corrected chi connectivity index (χ3v) is 3.61. The Hall–Kier alpha value is -1.82. The van der Waals surface area contributed by atoms with Gasteiger partial charge in [0.2, 0.25) is 0 Å². The lowest BCUT2D eigenvalue weighted by Gasteiger charge is -2.17. The van der Waals surface area contributed by atoms with Crippen molar-refractivity contribution in [3.8, 4) is 5.75 Å². The fourth-order valence-corrected chi connectivity index (χ4v) is 2.59. The van der Waals surface area contributed by atoms with E-state index in [0.717, 1.165) is 11.1 Å². The van der Waals surface area contributed by atoms with Crippen molar-refractivity contribution < 1.29 is 14.3 Å². The second-order valence-corrected chi connectivity index (χ2v) is 5.51. The molecule has 1 heterocycles. The summed E-state index contributed by atoms with van der Waals surface area (Å²) >= 11 is 11.8. The maximum Gasteiger partial charge on any atom is 0.327 e. The Kier molecular flexibility index (Phi) is 6.21. The highest BCUT2D eigenvalue weighted by Crippen LogP contribution is 2.20. The van der Waals surface area contributed by atoms with Crippen molar-refractivity contribution in [3.63, 3.8) is 0 Å². The molecule has 1 atom stereocenters. The number of aromatic nitrogens is 1. The van der Waals surface area contributed by atoms with Crippen LogP contribution in [0.1, 0.15) is 17.2 Å². The van der Waals surface area contributed by atoms with Gasteiger partial charge in [-0.2, -0.15) is 0 Å². The first-order valence-electron chi connectivity index (χ1n) is 6.80. The largest absolute Gasteiger partial charge is 0.497 e. The number of benzene rings is 1. The molecule has 0 fully saturated rings. The number of nitrogens with zero attached hydrogens (tertiary/aromatic N) is 1. The number of nitrogens with one attached hydrogen (secondary N) is 1. The zero-order chi connectivity index (χ0) is 16.8. The quantitative estimate of drug-likeness (QED) is 0.636. The lowest BCUT2D eigenvalue weighted by atomic mass is 10.1. The van der Waals surface area contributed by atoms with Crippen LogP contribution in [0.4, 0.5) is 0 Å². The van der Waals surface area contributed by atoms with Gasteiger partial charge in [0.1, 0.15) is 22.1 Å². The first-order valence-corrected chi connectivity index (χ1v) is 7.56. The van der Waals surface area contributed by atoms with E-state index in [1.165, 1.54) is 7.11 Å². The number of hydrogen-bond donors (Lipinski definition) is 1. The van der Waals surface area contributed by atoms with Gasteiger partial charge < -0.3 is 9.47 Å². The number of hydrogen-bond acceptors (Lipinski definition) is 5. The van der Waals surface area contributed by atoms with Crippen LogP contribution in [-0.4, -0.2) is 25.2 Å². The molecular formula is C16H16Cl2N2O3. The Morgan fingerprint density at radius 1 is 1.17 bits per heavy atom. The van der Waals surface area contributed by atoms with Crippen molar-refractivity contribution in [2.75, 3.05) is 14.2 Å². The van der Waals surface area contributed by atoms with Crippen LogP contribution in [0.25, 0.3) is 0 Å². The first kappa shape index (κ1) is 17.5. The summed E-state index contributed by atoms with van der Waals surface area (Å²) in [5.74, 6) is 0.325. The molecule has 0 aliphatic rings. The maximum atomic E-state index is 12.0. The van der Waals surface area contributed by atoms with Crippen molar-refractivity contribution in [2.45, 2.75) is 12.6 Å². The van der Waals surface area contributed by atoms with E-state index in [0.29, 0.717) is 22.6 Å². The van der Waals surface area contributed by atoms with Gasteiger partial charge in [-0.25, -0.2) is 9.78 Å². The molecule has 122 valence electrons. The molecule has 0 amide bonds. The van der Waals surface area contributed by atoms with E-state index in [2.05, 4.69) is 10.3 Å². The second-order valence-electron chi connectivity index (χ2n) is 4.73. The van der Waals surface area contributed by atoms with Gasteiger partial charge in [0.25, 0.3) is 0 Å². The average Bonchev–Trinajstić information content (AvgIpc) is 2.54. The topological polar surface area (TPSA) is 60.5 Å². The average molecular weight is 355 g/mol. The van der Waals surface area contributed by atoms with Crippen molar-refractivity contribution in [2.24, 2.45) is 0 Å². The Bertz CT molecular complexity index is 657. The predicted molar refractivity (Wildman–Crippen MR) is 88.8 cm³/mol. The molecule has 5 nitrogen and oxygen atoms in total. The number of methoxy groups -OCH3 is 2. The smallest absolute Gasteiger partial charge is 0.327 e. The van der Waals surface area contributed by atoms with Crippen LogP contribution < -0.4 is 10.1 Å². The van der Waals surface area contributed by atoms with Gasteiger partial charge in [-0.05, 0) is 35.4 Å². The van der Waals surface area contributed by atoms with Crippen LogP contribution in [0.3, 0.4) is 0 Å². The molecule has 0 bridgehead atoms. The molecule has 1 unspecified atom stereocenters. The molecule has 0 saturated heterocycles. The molecule has 1 aromatic heterocycles. The van der Waals surface area contributed by atoms with Crippen molar-refractivity contribution >= 4 is 29.2 Å². The van der Waals surface area contributed by atoms with Gasteiger partial charge in [0.05, 0.1) is 14.2 Å². The highest BCUT2D eigenvalue weighted by molar-refractivity contribution is 6.32. The molecule has 2 aromatic rings. The Morgan fingerprint density at radius 3 is 2.30 bits per heavy atom. The fourth-order valence-electron chi connectivity index (χ4n) is 2.09. The van der Waals surface area contributed by atoms with Crippen molar-refractivity contribution in [1.82, 2.24) is 10.3 Å². The third-order valence-electron chi connectivity index (χ3n) is 3.22. The number of carbonyl (C=O) groups excluding carboxylic acids is 1. The summed E-state index contributed by atoms with van der Waals surface area (Å²) in [5.41, 5.74) is 1.58. The molecule has 7 heteroatoms. The summed E-state index contributed by atoms with van der Waals surface area (Å²) in [6.07, 6.45) is 0. The van der Waals surface area contributed by atoms with Gasteiger partial charge in [0, 0.05) is 6.54 Å². The summed E-state index contributed by atoms with van der Waals surface area (Å²) in [5, 5.41) is 3.73. The van der Waals surface area contributed by atoms with Gasteiger partial charge in [0.15, 0.2) is 0 Å². The summed E-state index contributed by atoms with van der Waals surface area (Å²) in [4.78, 5) is 15.9. The Balaban J connectivity index is 2.16. The lowest BCUT2D eigenvalue weighted by molar-refractivity contribution is -0.143. The normalized spacial score (nSPS) is 11.8. The van der Waals surface area contributed by atoms with Gasteiger partial charge in [-0.1, -0.05) is 35.3 Å². The number of carbonyl (C=O) groups is 1. The Morgan fingerprint density at radius 2 is 1.78 bits per heavy atom. The SMILES string of the molecule is COC(=O)C(NCc1cc(Cl)nc(Cl)c1)c1ccc(OC)cc1. The number of halogens is 2. The summed E-state index contributed by atoms with van der Waals surface area (Å²) < 4.78 is 9.98. The number of pyridine rings is 1.